The summed E-state index contributed by atoms with van der Waals surface area (Å²) in [7, 11) is 0. The van der Waals surface area contributed by atoms with E-state index in [4.69, 9.17) is 0 Å². The number of Topliss-reactive ketones (excluding diaryl/α,β-unsaturated/α-hetero) is 1. The van der Waals surface area contributed by atoms with E-state index in [1.165, 1.54) is 12.8 Å². The average molecular weight is 240 g/mol. The fraction of sp³-hybridized carbons (Fsp3) is 0.333. The quantitative estimate of drug-likeness (QED) is 0.772. The summed E-state index contributed by atoms with van der Waals surface area (Å²) in [6.07, 6.45) is 7.97. The molecular formula is C15H16N2O. The molecule has 0 N–H and O–H groups in total. The van der Waals surface area contributed by atoms with Crippen molar-refractivity contribution in [2.45, 2.75) is 25.7 Å². The average Bonchev–Trinajstić information content (AvgIpc) is 3.10. The van der Waals surface area contributed by atoms with Crippen LogP contribution in [0, 0.1) is 5.92 Å². The SMILES string of the molecule is O=C(c1cnn(-c2ccccc2)c1)C1CCCC1. The van der Waals surface area contributed by atoms with Crippen LogP contribution in [0.25, 0.3) is 5.69 Å². The molecule has 18 heavy (non-hydrogen) atoms. The van der Waals surface area contributed by atoms with E-state index >= 15 is 0 Å². The minimum absolute atomic E-state index is 0.221. The molecule has 3 rings (SSSR count). The lowest BCUT2D eigenvalue weighted by molar-refractivity contribution is 0.0923. The Balaban J connectivity index is 1.83. The molecule has 0 amide bonds. The normalized spacial score (nSPS) is 16.0. The molecule has 0 atom stereocenters. The van der Waals surface area contributed by atoms with E-state index in [2.05, 4.69) is 5.10 Å². The van der Waals surface area contributed by atoms with Crippen molar-refractivity contribution in [3.63, 3.8) is 0 Å². The molecular weight excluding hydrogens is 224 g/mol. The van der Waals surface area contributed by atoms with Crippen molar-refractivity contribution in [1.29, 1.82) is 0 Å². The van der Waals surface area contributed by atoms with Crippen molar-refractivity contribution >= 4 is 5.78 Å². The zero-order valence-corrected chi connectivity index (χ0v) is 10.2. The van der Waals surface area contributed by atoms with E-state index in [0.29, 0.717) is 0 Å². The van der Waals surface area contributed by atoms with Gasteiger partial charge in [0.05, 0.1) is 17.4 Å². The first-order valence-corrected chi connectivity index (χ1v) is 6.49. The second kappa shape index (κ2) is 4.77. The minimum Gasteiger partial charge on any atom is -0.294 e. The molecule has 1 heterocycles. The number of nitrogens with zero attached hydrogens (tertiary/aromatic N) is 2. The van der Waals surface area contributed by atoms with Crippen LogP contribution in [-0.2, 0) is 0 Å². The Kier molecular flexibility index (Phi) is 2.97. The Hall–Kier alpha value is -1.90. The Morgan fingerprint density at radius 1 is 1.17 bits per heavy atom. The molecule has 3 heteroatoms. The topological polar surface area (TPSA) is 34.9 Å². The molecule has 1 aliphatic rings. The van der Waals surface area contributed by atoms with E-state index in [1.54, 1.807) is 10.9 Å². The number of hydrogen-bond acceptors (Lipinski definition) is 2. The van der Waals surface area contributed by atoms with Gasteiger partial charge in [0.1, 0.15) is 0 Å². The van der Waals surface area contributed by atoms with Crippen molar-refractivity contribution in [1.82, 2.24) is 9.78 Å². The lowest BCUT2D eigenvalue weighted by Gasteiger charge is -2.04. The number of para-hydroxylation sites is 1. The van der Waals surface area contributed by atoms with Crippen molar-refractivity contribution in [2.75, 3.05) is 0 Å². The number of carbonyl (C=O) groups excluding carboxylic acids is 1. The summed E-state index contributed by atoms with van der Waals surface area (Å²) in [6, 6.07) is 9.87. The first kappa shape index (κ1) is 11.2. The van der Waals surface area contributed by atoms with Gasteiger partial charge in [-0.2, -0.15) is 5.10 Å². The third-order valence-electron chi connectivity index (χ3n) is 3.61. The van der Waals surface area contributed by atoms with Gasteiger partial charge in [-0.05, 0) is 25.0 Å². The predicted molar refractivity (Wildman–Crippen MR) is 69.9 cm³/mol. The summed E-state index contributed by atoms with van der Waals surface area (Å²) in [6.45, 7) is 0. The van der Waals surface area contributed by atoms with Gasteiger partial charge in [-0.1, -0.05) is 31.0 Å². The van der Waals surface area contributed by atoms with Gasteiger partial charge in [0.2, 0.25) is 0 Å². The van der Waals surface area contributed by atoms with E-state index in [-0.39, 0.29) is 11.7 Å². The van der Waals surface area contributed by atoms with Crippen LogP contribution >= 0.6 is 0 Å². The summed E-state index contributed by atoms with van der Waals surface area (Å²) < 4.78 is 1.77. The number of hydrogen-bond donors (Lipinski definition) is 0. The monoisotopic (exact) mass is 240 g/mol. The van der Waals surface area contributed by atoms with Crippen molar-refractivity contribution in [3.05, 3.63) is 48.3 Å². The molecule has 1 fully saturated rings. The summed E-state index contributed by atoms with van der Waals surface area (Å²) in [5.74, 6) is 0.480. The maximum absolute atomic E-state index is 12.2. The molecule has 0 spiro atoms. The van der Waals surface area contributed by atoms with Gasteiger partial charge in [-0.25, -0.2) is 4.68 Å². The van der Waals surface area contributed by atoms with Gasteiger partial charge in [0.25, 0.3) is 0 Å². The van der Waals surface area contributed by atoms with E-state index in [9.17, 15) is 4.79 Å². The molecule has 0 saturated heterocycles. The van der Waals surface area contributed by atoms with Crippen molar-refractivity contribution in [2.24, 2.45) is 5.92 Å². The van der Waals surface area contributed by atoms with Crippen LogP contribution in [0.4, 0.5) is 0 Å². The highest BCUT2D eigenvalue weighted by Crippen LogP contribution is 2.28. The van der Waals surface area contributed by atoms with Gasteiger partial charge < -0.3 is 0 Å². The largest absolute Gasteiger partial charge is 0.294 e. The molecule has 2 aromatic rings. The second-order valence-electron chi connectivity index (χ2n) is 4.85. The van der Waals surface area contributed by atoms with Crippen LogP contribution in [0.5, 0.6) is 0 Å². The third kappa shape index (κ3) is 2.08. The van der Waals surface area contributed by atoms with E-state index in [1.807, 2.05) is 36.5 Å². The second-order valence-corrected chi connectivity index (χ2v) is 4.85. The molecule has 0 bridgehead atoms. The Morgan fingerprint density at radius 2 is 1.89 bits per heavy atom. The lowest BCUT2D eigenvalue weighted by atomic mass is 9.99. The molecule has 1 aromatic heterocycles. The van der Waals surface area contributed by atoms with E-state index < -0.39 is 0 Å². The summed E-state index contributed by atoms with van der Waals surface area (Å²) in [4.78, 5) is 12.2. The number of ketones is 1. The van der Waals surface area contributed by atoms with Gasteiger partial charge in [-0.15, -0.1) is 0 Å². The van der Waals surface area contributed by atoms with Crippen LogP contribution in [-0.4, -0.2) is 15.6 Å². The number of aromatic nitrogens is 2. The fourth-order valence-electron chi connectivity index (χ4n) is 2.60. The van der Waals surface area contributed by atoms with E-state index in [0.717, 1.165) is 24.1 Å². The first-order chi connectivity index (χ1) is 8.84. The highest BCUT2D eigenvalue weighted by Gasteiger charge is 2.24. The fourth-order valence-corrected chi connectivity index (χ4v) is 2.60. The number of rotatable bonds is 3. The molecule has 0 aliphatic heterocycles. The highest BCUT2D eigenvalue weighted by atomic mass is 16.1. The molecule has 3 nitrogen and oxygen atoms in total. The highest BCUT2D eigenvalue weighted by molar-refractivity contribution is 5.97. The summed E-state index contributed by atoms with van der Waals surface area (Å²) in [5.41, 5.74) is 1.73. The van der Waals surface area contributed by atoms with Gasteiger partial charge in [0.15, 0.2) is 5.78 Å². The van der Waals surface area contributed by atoms with Crippen molar-refractivity contribution in [3.8, 4) is 5.69 Å². The van der Waals surface area contributed by atoms with Gasteiger partial charge in [0, 0.05) is 12.1 Å². The Bertz CT molecular complexity index is 539. The van der Waals surface area contributed by atoms with Crippen LogP contribution in [0.15, 0.2) is 42.7 Å². The Labute approximate surface area is 106 Å². The molecule has 1 saturated carbocycles. The summed E-state index contributed by atoms with van der Waals surface area (Å²) in [5, 5.41) is 4.27. The standard InChI is InChI=1S/C15H16N2O/c18-15(12-6-4-5-7-12)13-10-16-17(11-13)14-8-2-1-3-9-14/h1-3,8-12H,4-7H2. The number of benzene rings is 1. The van der Waals surface area contributed by atoms with Crippen LogP contribution < -0.4 is 0 Å². The van der Waals surface area contributed by atoms with Crippen LogP contribution in [0.2, 0.25) is 0 Å². The molecule has 0 radical (unpaired) electrons. The minimum atomic E-state index is 0.221. The molecule has 0 unspecified atom stereocenters. The van der Waals surface area contributed by atoms with Crippen LogP contribution in [0.3, 0.4) is 0 Å². The zero-order chi connectivity index (χ0) is 12.4. The smallest absolute Gasteiger partial charge is 0.169 e. The maximum atomic E-state index is 12.2. The molecule has 92 valence electrons. The summed E-state index contributed by atoms with van der Waals surface area (Å²) >= 11 is 0. The van der Waals surface area contributed by atoms with Gasteiger partial charge >= 0.3 is 0 Å². The zero-order valence-electron chi connectivity index (χ0n) is 10.2. The van der Waals surface area contributed by atoms with Crippen molar-refractivity contribution < 1.29 is 4.79 Å². The molecule has 1 aromatic carbocycles. The maximum Gasteiger partial charge on any atom is 0.169 e. The Morgan fingerprint density at radius 3 is 2.61 bits per heavy atom. The van der Waals surface area contributed by atoms with Crippen LogP contribution in [0.1, 0.15) is 36.0 Å². The molecule has 1 aliphatic carbocycles. The van der Waals surface area contributed by atoms with Gasteiger partial charge in [-0.3, -0.25) is 4.79 Å². The first-order valence-electron chi connectivity index (χ1n) is 6.49. The number of carbonyl (C=O) groups is 1. The lowest BCUT2D eigenvalue weighted by Crippen LogP contribution is -2.10. The predicted octanol–water partition coefficient (Wildman–Crippen LogP) is 3.25. The third-order valence-corrected chi connectivity index (χ3v) is 3.61.